The summed E-state index contributed by atoms with van der Waals surface area (Å²) in [6.45, 7) is 1.90. The predicted molar refractivity (Wildman–Crippen MR) is 117 cm³/mol. The zero-order chi connectivity index (χ0) is 21.6. The van der Waals surface area contributed by atoms with E-state index in [0.717, 1.165) is 30.6 Å². The number of piperidine rings is 1. The lowest BCUT2D eigenvalue weighted by Gasteiger charge is -2.26. The molecule has 3 rings (SSSR count). The van der Waals surface area contributed by atoms with E-state index in [4.69, 9.17) is 4.74 Å². The number of hydrogen-bond acceptors (Lipinski definition) is 5. The van der Waals surface area contributed by atoms with Gasteiger partial charge in [0.1, 0.15) is 5.75 Å². The summed E-state index contributed by atoms with van der Waals surface area (Å²) in [4.78, 5) is 14.6. The summed E-state index contributed by atoms with van der Waals surface area (Å²) in [6.07, 6.45) is 2.83. The summed E-state index contributed by atoms with van der Waals surface area (Å²) < 4.78 is 32.4. The van der Waals surface area contributed by atoms with Gasteiger partial charge in [-0.1, -0.05) is 24.6 Å². The van der Waals surface area contributed by atoms with E-state index < -0.39 is 10.0 Å². The highest BCUT2D eigenvalue weighted by Gasteiger charge is 2.26. The topological polar surface area (TPSA) is 79.0 Å². The Hall–Kier alpha value is -2.42. The van der Waals surface area contributed by atoms with Gasteiger partial charge in [0.25, 0.3) is 0 Å². The van der Waals surface area contributed by atoms with Crippen molar-refractivity contribution < 1.29 is 17.9 Å². The monoisotopic (exact) mass is 431 g/mol. The standard InChI is InChI=1S/C22H29N3O4S/c1-24(16-18-9-11-20(29-2)12-10-18)17-22(26)23-19-7-6-8-21(15-19)30(27,28)25-13-4-3-5-14-25/h6-12,15H,3-5,13-14,16-17H2,1-2H3,(H,23,26). The number of nitrogens with zero attached hydrogens (tertiary/aromatic N) is 2. The first kappa shape index (κ1) is 22.3. The minimum absolute atomic E-state index is 0.190. The fraction of sp³-hybridized carbons (Fsp3) is 0.409. The molecule has 30 heavy (non-hydrogen) atoms. The summed E-state index contributed by atoms with van der Waals surface area (Å²) in [5, 5.41) is 2.81. The first-order chi connectivity index (χ1) is 14.4. The molecule has 162 valence electrons. The van der Waals surface area contributed by atoms with Crippen molar-refractivity contribution in [2.75, 3.05) is 39.1 Å². The van der Waals surface area contributed by atoms with E-state index in [1.807, 2.05) is 36.2 Å². The number of amides is 1. The number of hydrogen-bond donors (Lipinski definition) is 1. The molecule has 1 amide bonds. The number of nitrogens with one attached hydrogen (secondary N) is 1. The molecule has 1 saturated heterocycles. The Morgan fingerprint density at radius 2 is 1.80 bits per heavy atom. The molecule has 2 aromatic rings. The van der Waals surface area contributed by atoms with E-state index in [0.29, 0.717) is 25.3 Å². The molecule has 0 saturated carbocycles. The van der Waals surface area contributed by atoms with E-state index in [1.54, 1.807) is 25.3 Å². The Bertz CT molecular complexity index is 955. The molecule has 0 radical (unpaired) electrons. The van der Waals surface area contributed by atoms with Crippen LogP contribution in [0.2, 0.25) is 0 Å². The number of benzene rings is 2. The van der Waals surface area contributed by atoms with Gasteiger partial charge < -0.3 is 10.1 Å². The van der Waals surface area contributed by atoms with Crippen LogP contribution in [0.1, 0.15) is 24.8 Å². The smallest absolute Gasteiger partial charge is 0.243 e. The fourth-order valence-electron chi connectivity index (χ4n) is 3.53. The van der Waals surface area contributed by atoms with Crippen molar-refractivity contribution in [1.29, 1.82) is 0 Å². The fourth-order valence-corrected chi connectivity index (χ4v) is 5.10. The number of likely N-dealkylation sites (N-methyl/N-ethyl adjacent to an activating group) is 1. The third-order valence-corrected chi connectivity index (χ3v) is 6.99. The van der Waals surface area contributed by atoms with Gasteiger partial charge in [-0.15, -0.1) is 0 Å². The first-order valence-electron chi connectivity index (χ1n) is 10.1. The Morgan fingerprint density at radius 1 is 1.10 bits per heavy atom. The van der Waals surface area contributed by atoms with Gasteiger partial charge in [-0.3, -0.25) is 9.69 Å². The second-order valence-corrected chi connectivity index (χ2v) is 9.50. The van der Waals surface area contributed by atoms with Crippen molar-refractivity contribution in [3.8, 4) is 5.75 Å². The molecule has 8 heteroatoms. The number of carbonyl (C=O) groups is 1. The van der Waals surface area contributed by atoms with Crippen LogP contribution >= 0.6 is 0 Å². The number of methoxy groups -OCH3 is 1. The maximum absolute atomic E-state index is 12.8. The molecule has 0 aromatic heterocycles. The average molecular weight is 432 g/mol. The number of sulfonamides is 1. The highest BCUT2D eigenvalue weighted by atomic mass is 32.2. The number of ether oxygens (including phenoxy) is 1. The van der Waals surface area contributed by atoms with Gasteiger partial charge in [0.05, 0.1) is 18.6 Å². The summed E-state index contributed by atoms with van der Waals surface area (Å²) in [5.74, 6) is 0.595. The lowest BCUT2D eigenvalue weighted by Crippen LogP contribution is -2.35. The van der Waals surface area contributed by atoms with Crippen molar-refractivity contribution in [1.82, 2.24) is 9.21 Å². The van der Waals surface area contributed by atoms with Crippen molar-refractivity contribution in [2.24, 2.45) is 0 Å². The van der Waals surface area contributed by atoms with Crippen LogP contribution in [0.5, 0.6) is 5.75 Å². The minimum atomic E-state index is -3.53. The van der Waals surface area contributed by atoms with Crippen molar-refractivity contribution in [3.63, 3.8) is 0 Å². The van der Waals surface area contributed by atoms with Crippen LogP contribution in [0.25, 0.3) is 0 Å². The second-order valence-electron chi connectivity index (χ2n) is 7.56. The number of rotatable bonds is 8. The van der Waals surface area contributed by atoms with E-state index in [1.165, 1.54) is 10.4 Å². The molecule has 1 heterocycles. The van der Waals surface area contributed by atoms with Gasteiger partial charge in [0, 0.05) is 25.3 Å². The molecule has 1 aliphatic heterocycles. The molecule has 2 aromatic carbocycles. The molecule has 1 N–H and O–H groups in total. The summed E-state index contributed by atoms with van der Waals surface area (Å²) >= 11 is 0. The highest BCUT2D eigenvalue weighted by molar-refractivity contribution is 7.89. The number of anilines is 1. The molecule has 0 spiro atoms. The lowest BCUT2D eigenvalue weighted by molar-refractivity contribution is -0.117. The van der Waals surface area contributed by atoms with Gasteiger partial charge in [0.15, 0.2) is 0 Å². The normalized spacial score (nSPS) is 15.2. The summed E-state index contributed by atoms with van der Waals surface area (Å²) in [7, 11) is -0.0431. The van der Waals surface area contributed by atoms with Crippen molar-refractivity contribution in [2.45, 2.75) is 30.7 Å². The quantitative estimate of drug-likeness (QED) is 0.695. The van der Waals surface area contributed by atoms with Crippen molar-refractivity contribution in [3.05, 3.63) is 54.1 Å². The Balaban J connectivity index is 1.59. The number of carbonyl (C=O) groups excluding carboxylic acids is 1. The molecule has 0 unspecified atom stereocenters. The van der Waals surface area contributed by atoms with Gasteiger partial charge in [-0.2, -0.15) is 4.31 Å². The van der Waals surface area contributed by atoms with Gasteiger partial charge in [-0.05, 0) is 55.8 Å². The largest absolute Gasteiger partial charge is 0.497 e. The zero-order valence-corrected chi connectivity index (χ0v) is 18.3. The van der Waals surface area contributed by atoms with E-state index in [2.05, 4.69) is 5.32 Å². The van der Waals surface area contributed by atoms with Crippen LogP contribution in [-0.4, -0.2) is 57.3 Å². The molecule has 1 aliphatic rings. The van der Waals surface area contributed by atoms with E-state index in [-0.39, 0.29) is 17.3 Å². The van der Waals surface area contributed by atoms with Gasteiger partial charge >= 0.3 is 0 Å². The molecule has 0 atom stereocenters. The molecule has 1 fully saturated rings. The van der Waals surface area contributed by atoms with Crippen LogP contribution in [0.15, 0.2) is 53.4 Å². The van der Waals surface area contributed by atoms with E-state index in [9.17, 15) is 13.2 Å². The second kappa shape index (κ2) is 10.1. The highest BCUT2D eigenvalue weighted by Crippen LogP contribution is 2.23. The first-order valence-corrected chi connectivity index (χ1v) is 11.5. The van der Waals surface area contributed by atoms with Crippen LogP contribution in [-0.2, 0) is 21.4 Å². The van der Waals surface area contributed by atoms with Crippen LogP contribution in [0.3, 0.4) is 0 Å². The molecule has 0 aliphatic carbocycles. The molecular formula is C22H29N3O4S. The van der Waals surface area contributed by atoms with Crippen molar-refractivity contribution >= 4 is 21.6 Å². The molecule has 0 bridgehead atoms. The van der Waals surface area contributed by atoms with Crippen LogP contribution in [0, 0.1) is 0 Å². The molecule has 7 nitrogen and oxygen atoms in total. The lowest BCUT2D eigenvalue weighted by atomic mass is 10.2. The SMILES string of the molecule is COc1ccc(CN(C)CC(=O)Nc2cccc(S(=O)(=O)N3CCCCC3)c2)cc1. The Labute approximate surface area is 178 Å². The molecular weight excluding hydrogens is 402 g/mol. The predicted octanol–water partition coefficient (Wildman–Crippen LogP) is 2.94. The van der Waals surface area contributed by atoms with Crippen LogP contribution < -0.4 is 10.1 Å². The van der Waals surface area contributed by atoms with E-state index >= 15 is 0 Å². The average Bonchev–Trinajstić information content (AvgIpc) is 2.75. The Kier molecular flexibility index (Phi) is 7.47. The van der Waals surface area contributed by atoms with Crippen LogP contribution in [0.4, 0.5) is 5.69 Å². The van der Waals surface area contributed by atoms with Gasteiger partial charge in [0.2, 0.25) is 15.9 Å². The summed E-state index contributed by atoms with van der Waals surface area (Å²) in [5.41, 5.74) is 1.55. The maximum atomic E-state index is 12.8. The summed E-state index contributed by atoms with van der Waals surface area (Å²) in [6, 6.07) is 14.2. The Morgan fingerprint density at radius 3 is 2.47 bits per heavy atom. The van der Waals surface area contributed by atoms with Gasteiger partial charge in [-0.25, -0.2) is 8.42 Å². The third kappa shape index (κ3) is 5.81. The third-order valence-electron chi connectivity index (χ3n) is 5.10. The minimum Gasteiger partial charge on any atom is -0.497 e. The zero-order valence-electron chi connectivity index (χ0n) is 17.5. The maximum Gasteiger partial charge on any atom is 0.243 e.